The van der Waals surface area contributed by atoms with E-state index in [-0.39, 0.29) is 11.3 Å². The molecule has 0 saturated heterocycles. The van der Waals surface area contributed by atoms with Gasteiger partial charge in [0.15, 0.2) is 0 Å². The van der Waals surface area contributed by atoms with Crippen molar-refractivity contribution in [1.82, 2.24) is 0 Å². The van der Waals surface area contributed by atoms with Crippen LogP contribution in [0.25, 0.3) is 0 Å². The van der Waals surface area contributed by atoms with Crippen molar-refractivity contribution >= 4 is 21.4 Å². The molecule has 1 rings (SSSR count). The molecule has 0 fully saturated rings. The lowest BCUT2D eigenvalue weighted by Gasteiger charge is -1.96. The van der Waals surface area contributed by atoms with Crippen molar-refractivity contribution < 1.29 is 18.3 Å². The minimum atomic E-state index is -2.54. The third kappa shape index (κ3) is 2.41. The summed E-state index contributed by atoms with van der Waals surface area (Å²) in [7, 11) is -2.54. The van der Waals surface area contributed by atoms with Gasteiger partial charge in [0.1, 0.15) is 11.1 Å². The molecular formula is C8H6O4S. The van der Waals surface area contributed by atoms with Gasteiger partial charge >= 0.3 is 0 Å². The van der Waals surface area contributed by atoms with Crippen molar-refractivity contribution in [3.8, 4) is 5.75 Å². The van der Waals surface area contributed by atoms with Gasteiger partial charge in [-0.25, -0.2) is 0 Å². The number of aromatic hydroxyl groups is 1. The second kappa shape index (κ2) is 3.86. The number of hydrogen-bond donors (Lipinski definition) is 1. The summed E-state index contributed by atoms with van der Waals surface area (Å²) in [6.07, 6.45) is 0. The monoisotopic (exact) mass is 198 g/mol. The number of hydrogen-bond acceptors (Lipinski definition) is 4. The van der Waals surface area contributed by atoms with E-state index in [1.807, 2.05) is 0 Å². The maximum Gasteiger partial charge on any atom is 0.218 e. The first kappa shape index (κ1) is 9.47. The topological polar surface area (TPSA) is 71.4 Å². The van der Waals surface area contributed by atoms with Crippen LogP contribution < -0.4 is 0 Å². The molecule has 0 atom stereocenters. The Morgan fingerprint density at radius 3 is 2.46 bits per heavy atom. The molecule has 4 nitrogen and oxygen atoms in total. The number of Topliss-reactive ketones (excluding diaryl/α,β-unsaturated/α-hetero) is 1. The van der Waals surface area contributed by atoms with E-state index in [1.54, 1.807) is 6.07 Å². The molecule has 5 heteroatoms. The molecule has 13 heavy (non-hydrogen) atoms. The van der Waals surface area contributed by atoms with Crippen LogP contribution in [0.1, 0.15) is 10.4 Å². The number of benzene rings is 1. The third-order valence-electron chi connectivity index (χ3n) is 1.37. The number of carbonyl (C=O) groups excluding carboxylic acids is 1. The predicted molar refractivity (Wildman–Crippen MR) is 47.4 cm³/mol. The molecule has 1 aromatic rings. The lowest BCUT2D eigenvalue weighted by Crippen LogP contribution is -2.00. The van der Waals surface area contributed by atoms with Gasteiger partial charge in [-0.15, -0.1) is 0 Å². The molecule has 1 N–H and O–H groups in total. The molecule has 0 amide bonds. The zero-order chi connectivity index (χ0) is 9.84. The largest absolute Gasteiger partial charge is 0.507 e. The lowest BCUT2D eigenvalue weighted by molar-refractivity contribution is 0.107. The van der Waals surface area contributed by atoms with Crippen molar-refractivity contribution in [2.24, 2.45) is 0 Å². The van der Waals surface area contributed by atoms with Gasteiger partial charge in [-0.1, -0.05) is 12.1 Å². The quantitative estimate of drug-likeness (QED) is 0.546. The molecule has 68 valence electrons. The van der Waals surface area contributed by atoms with Gasteiger partial charge in [-0.3, -0.25) is 4.79 Å². The van der Waals surface area contributed by atoms with E-state index in [2.05, 4.69) is 0 Å². The molecule has 0 aliphatic carbocycles. The van der Waals surface area contributed by atoms with E-state index in [1.165, 1.54) is 18.2 Å². The zero-order valence-electron chi connectivity index (χ0n) is 6.47. The van der Waals surface area contributed by atoms with Gasteiger partial charge < -0.3 is 5.11 Å². The fourth-order valence-electron chi connectivity index (χ4n) is 0.833. The summed E-state index contributed by atoms with van der Waals surface area (Å²) < 4.78 is 20.3. The Kier molecular flexibility index (Phi) is 2.81. The van der Waals surface area contributed by atoms with Crippen molar-refractivity contribution in [2.75, 3.05) is 0 Å². The van der Waals surface area contributed by atoms with E-state index < -0.39 is 16.1 Å². The van der Waals surface area contributed by atoms with Crippen LogP contribution in [0, 0.1) is 0 Å². The molecular weight excluding hydrogens is 192 g/mol. The van der Waals surface area contributed by atoms with E-state index in [9.17, 15) is 13.2 Å². The van der Waals surface area contributed by atoms with Crippen molar-refractivity contribution in [1.29, 1.82) is 0 Å². The standard InChI is InChI=1S/C8H6O4S/c9-7-4-2-1-3-6(7)8(10)5-13(11)12/h1-5,9H. The molecule has 1 aromatic carbocycles. The normalized spacial score (nSPS) is 9.23. The van der Waals surface area contributed by atoms with E-state index in [4.69, 9.17) is 5.11 Å². The maximum absolute atomic E-state index is 11.1. The highest BCUT2D eigenvalue weighted by Crippen LogP contribution is 2.14. The van der Waals surface area contributed by atoms with Gasteiger partial charge in [0.2, 0.25) is 16.1 Å². The van der Waals surface area contributed by atoms with Crippen molar-refractivity contribution in [3.05, 3.63) is 29.8 Å². The summed E-state index contributed by atoms with van der Waals surface area (Å²) in [5, 5.41) is 9.66. The Hall–Kier alpha value is -1.62. The molecule has 0 heterocycles. The fraction of sp³-hybridized carbons (Fsp3) is 0. The van der Waals surface area contributed by atoms with Crippen LogP contribution in [0.5, 0.6) is 5.75 Å². The Bertz CT molecular complexity index is 451. The van der Waals surface area contributed by atoms with Crippen LogP contribution in [0.3, 0.4) is 0 Å². The maximum atomic E-state index is 11.1. The van der Waals surface area contributed by atoms with Gasteiger partial charge in [0.25, 0.3) is 0 Å². The molecule has 0 radical (unpaired) electrons. The molecule has 0 bridgehead atoms. The summed E-state index contributed by atoms with van der Waals surface area (Å²) in [5.74, 6) is -0.958. The number of para-hydroxylation sites is 1. The van der Waals surface area contributed by atoms with Crippen molar-refractivity contribution in [2.45, 2.75) is 0 Å². The average Bonchev–Trinajstić information content (AvgIpc) is 2.03. The number of ketones is 1. The Morgan fingerprint density at radius 1 is 1.31 bits per heavy atom. The lowest BCUT2D eigenvalue weighted by atomic mass is 10.1. The third-order valence-corrected chi connectivity index (χ3v) is 1.78. The van der Waals surface area contributed by atoms with Crippen molar-refractivity contribution in [3.63, 3.8) is 0 Å². The summed E-state index contributed by atoms with van der Waals surface area (Å²) in [6.45, 7) is 0. The molecule has 0 aromatic heterocycles. The zero-order valence-corrected chi connectivity index (χ0v) is 7.28. The summed E-state index contributed by atoms with van der Waals surface area (Å²) >= 11 is 0. The van der Waals surface area contributed by atoms with Gasteiger partial charge in [-0.05, 0) is 12.1 Å². The van der Waals surface area contributed by atoms with E-state index in [0.29, 0.717) is 5.37 Å². The number of rotatable bonds is 2. The highest BCUT2D eigenvalue weighted by Gasteiger charge is 2.07. The predicted octanol–water partition coefficient (Wildman–Crippen LogP) is 0.256. The van der Waals surface area contributed by atoms with Crippen LogP contribution in [-0.4, -0.2) is 24.7 Å². The molecule has 0 saturated carbocycles. The minimum Gasteiger partial charge on any atom is -0.507 e. The first-order valence-electron chi connectivity index (χ1n) is 3.36. The highest BCUT2D eigenvalue weighted by atomic mass is 32.2. The first-order chi connectivity index (χ1) is 6.11. The van der Waals surface area contributed by atoms with Gasteiger partial charge in [0.05, 0.1) is 5.56 Å². The summed E-state index contributed by atoms with van der Waals surface area (Å²) in [5.41, 5.74) is -0.0216. The number of carbonyl (C=O) groups is 1. The Labute approximate surface area is 76.0 Å². The number of phenols is 1. The molecule has 0 spiro atoms. The van der Waals surface area contributed by atoms with Crippen LogP contribution in [0.2, 0.25) is 0 Å². The molecule has 0 unspecified atom stereocenters. The SMILES string of the molecule is O=C(C=S(=O)=O)c1ccccc1O. The van der Waals surface area contributed by atoms with E-state index >= 15 is 0 Å². The highest BCUT2D eigenvalue weighted by molar-refractivity contribution is 7.73. The smallest absolute Gasteiger partial charge is 0.218 e. The fourth-order valence-corrected chi connectivity index (χ4v) is 1.13. The minimum absolute atomic E-state index is 0.0216. The summed E-state index contributed by atoms with van der Waals surface area (Å²) in [6, 6.07) is 5.74. The second-order valence-corrected chi connectivity index (χ2v) is 3.02. The van der Waals surface area contributed by atoms with Crippen LogP contribution in [-0.2, 0) is 10.3 Å². The van der Waals surface area contributed by atoms with Gasteiger partial charge in [0, 0.05) is 0 Å². The molecule has 0 aliphatic heterocycles. The summed E-state index contributed by atoms with van der Waals surface area (Å²) in [4.78, 5) is 11.1. The average molecular weight is 198 g/mol. The Morgan fingerprint density at radius 2 is 1.92 bits per heavy atom. The van der Waals surface area contributed by atoms with Crippen LogP contribution in [0.4, 0.5) is 0 Å². The second-order valence-electron chi connectivity index (χ2n) is 2.26. The Balaban J connectivity index is 3.17. The molecule has 0 aliphatic rings. The van der Waals surface area contributed by atoms with Crippen LogP contribution in [0.15, 0.2) is 24.3 Å². The van der Waals surface area contributed by atoms with E-state index in [0.717, 1.165) is 0 Å². The first-order valence-corrected chi connectivity index (χ1v) is 4.50. The van der Waals surface area contributed by atoms with Crippen LogP contribution >= 0.6 is 0 Å². The number of phenolic OH excluding ortho intramolecular Hbond substituents is 1. The van der Waals surface area contributed by atoms with Gasteiger partial charge in [-0.2, -0.15) is 8.42 Å².